The number of benzene rings is 1. The van der Waals surface area contributed by atoms with Gasteiger partial charge in [0.1, 0.15) is 6.04 Å². The molecule has 0 bridgehead atoms. The van der Waals surface area contributed by atoms with Crippen molar-refractivity contribution in [3.8, 4) is 0 Å². The van der Waals surface area contributed by atoms with E-state index >= 15 is 0 Å². The van der Waals surface area contributed by atoms with E-state index in [9.17, 15) is 14.7 Å². The number of para-hydroxylation sites is 1. The van der Waals surface area contributed by atoms with Crippen molar-refractivity contribution in [2.75, 3.05) is 6.54 Å². The van der Waals surface area contributed by atoms with E-state index in [0.29, 0.717) is 13.0 Å². The average molecular weight is 310 g/mol. The maximum Gasteiger partial charge on any atom is 0.326 e. The molecule has 2 heterocycles. The molecule has 0 aliphatic carbocycles. The zero-order valence-corrected chi connectivity index (χ0v) is 12.7. The Kier molecular flexibility index (Phi) is 4.37. The fourth-order valence-electron chi connectivity index (χ4n) is 2.97. The monoisotopic (exact) mass is 310 g/mol. The van der Waals surface area contributed by atoms with Gasteiger partial charge in [0.25, 0.3) is 0 Å². The zero-order valence-electron chi connectivity index (χ0n) is 12.7. The molecule has 0 radical (unpaired) electrons. The van der Waals surface area contributed by atoms with Crippen LogP contribution in [0.2, 0.25) is 0 Å². The number of carbonyl (C=O) groups is 2. The minimum Gasteiger partial charge on any atom is -0.480 e. The second kappa shape index (κ2) is 6.60. The van der Waals surface area contributed by atoms with Gasteiger partial charge in [0, 0.05) is 29.8 Å². The highest BCUT2D eigenvalue weighted by Gasteiger charge is 2.30. The van der Waals surface area contributed by atoms with Gasteiger partial charge in [-0.25, -0.2) is 4.79 Å². The molecule has 5 heteroatoms. The number of piperidine rings is 1. The number of pyridine rings is 1. The molecule has 0 spiro atoms. The van der Waals surface area contributed by atoms with Gasteiger partial charge in [-0.3, -0.25) is 9.78 Å². The molecule has 1 amide bonds. The zero-order chi connectivity index (χ0) is 16.2. The van der Waals surface area contributed by atoms with Gasteiger partial charge in [-0.05, 0) is 31.4 Å². The number of likely N-dealkylation sites (tertiary alicyclic amines) is 1. The molecule has 3 rings (SSSR count). The summed E-state index contributed by atoms with van der Waals surface area (Å²) in [5.74, 6) is -1.19. The van der Waals surface area contributed by atoms with Crippen molar-refractivity contribution in [1.29, 1.82) is 0 Å². The third-order valence-electron chi connectivity index (χ3n) is 4.14. The van der Waals surface area contributed by atoms with E-state index in [1.54, 1.807) is 12.3 Å². The van der Waals surface area contributed by atoms with E-state index in [4.69, 9.17) is 0 Å². The SMILES string of the molecule is O=C(O)[C@H]1CCCCN1C(=O)/C=C/c1cccc2cccnc12. The van der Waals surface area contributed by atoms with Crippen LogP contribution in [-0.2, 0) is 9.59 Å². The molecule has 118 valence electrons. The molecule has 1 aromatic heterocycles. The van der Waals surface area contributed by atoms with Gasteiger partial charge in [0.15, 0.2) is 0 Å². The number of hydrogen-bond acceptors (Lipinski definition) is 3. The molecule has 1 atom stereocenters. The number of hydrogen-bond donors (Lipinski definition) is 1. The second-order valence-corrected chi connectivity index (χ2v) is 5.64. The first-order valence-electron chi connectivity index (χ1n) is 7.72. The van der Waals surface area contributed by atoms with Gasteiger partial charge in [-0.2, -0.15) is 0 Å². The van der Waals surface area contributed by atoms with Crippen molar-refractivity contribution in [3.63, 3.8) is 0 Å². The number of carboxylic acid groups (broad SMARTS) is 1. The molecule has 1 saturated heterocycles. The lowest BCUT2D eigenvalue weighted by Crippen LogP contribution is -2.47. The number of aliphatic carboxylic acids is 1. The van der Waals surface area contributed by atoms with Crippen LogP contribution in [0.15, 0.2) is 42.6 Å². The summed E-state index contributed by atoms with van der Waals surface area (Å²) in [5, 5.41) is 10.3. The lowest BCUT2D eigenvalue weighted by atomic mass is 10.0. The fraction of sp³-hybridized carbons (Fsp3) is 0.278. The van der Waals surface area contributed by atoms with Gasteiger partial charge in [0.2, 0.25) is 5.91 Å². The van der Waals surface area contributed by atoms with Crippen LogP contribution in [0.1, 0.15) is 24.8 Å². The molecular formula is C18H18N2O3. The predicted octanol–water partition coefficient (Wildman–Crippen LogP) is 2.71. The Labute approximate surface area is 134 Å². The molecule has 0 unspecified atom stereocenters. The Balaban J connectivity index is 1.83. The quantitative estimate of drug-likeness (QED) is 0.885. The van der Waals surface area contributed by atoms with E-state index in [0.717, 1.165) is 29.3 Å². The second-order valence-electron chi connectivity index (χ2n) is 5.64. The van der Waals surface area contributed by atoms with Crippen LogP contribution < -0.4 is 0 Å². The van der Waals surface area contributed by atoms with Crippen LogP contribution in [0.25, 0.3) is 17.0 Å². The van der Waals surface area contributed by atoms with Crippen LogP contribution in [0, 0.1) is 0 Å². The van der Waals surface area contributed by atoms with Crippen molar-refractivity contribution in [2.24, 2.45) is 0 Å². The van der Waals surface area contributed by atoms with Crippen LogP contribution in [0.5, 0.6) is 0 Å². The summed E-state index contributed by atoms with van der Waals surface area (Å²) in [6.45, 7) is 0.494. The van der Waals surface area contributed by atoms with Crippen LogP contribution in [0.4, 0.5) is 0 Å². The highest BCUT2D eigenvalue weighted by Crippen LogP contribution is 2.20. The Morgan fingerprint density at radius 2 is 2.04 bits per heavy atom. The lowest BCUT2D eigenvalue weighted by Gasteiger charge is -2.32. The first kappa shape index (κ1) is 15.2. The summed E-state index contributed by atoms with van der Waals surface area (Å²) in [7, 11) is 0. The summed E-state index contributed by atoms with van der Waals surface area (Å²) in [6.07, 6.45) is 7.09. The Morgan fingerprint density at radius 3 is 2.87 bits per heavy atom. The average Bonchev–Trinajstić information content (AvgIpc) is 2.59. The van der Waals surface area contributed by atoms with Crippen LogP contribution >= 0.6 is 0 Å². The Bertz CT molecular complexity index is 764. The first-order chi connectivity index (χ1) is 11.2. The predicted molar refractivity (Wildman–Crippen MR) is 87.8 cm³/mol. The number of rotatable bonds is 3. The Hall–Kier alpha value is -2.69. The molecule has 5 nitrogen and oxygen atoms in total. The topological polar surface area (TPSA) is 70.5 Å². The van der Waals surface area contributed by atoms with Crippen molar-refractivity contribution in [1.82, 2.24) is 9.88 Å². The Morgan fingerprint density at radius 1 is 1.22 bits per heavy atom. The van der Waals surface area contributed by atoms with E-state index in [2.05, 4.69) is 4.98 Å². The maximum absolute atomic E-state index is 12.4. The smallest absolute Gasteiger partial charge is 0.326 e. The third-order valence-corrected chi connectivity index (χ3v) is 4.14. The van der Waals surface area contributed by atoms with Gasteiger partial charge in [0.05, 0.1) is 5.52 Å². The molecule has 0 saturated carbocycles. The van der Waals surface area contributed by atoms with Gasteiger partial charge >= 0.3 is 5.97 Å². The minimum atomic E-state index is -0.932. The first-order valence-corrected chi connectivity index (χ1v) is 7.72. The largest absolute Gasteiger partial charge is 0.480 e. The van der Waals surface area contributed by atoms with Crippen LogP contribution in [0.3, 0.4) is 0 Å². The maximum atomic E-state index is 12.4. The molecule has 1 fully saturated rings. The standard InChI is InChI=1S/C18H18N2O3/c21-16(20-12-2-1-8-15(20)18(22)23)10-9-14-6-3-5-13-7-4-11-19-17(13)14/h3-7,9-11,15H,1-2,8,12H2,(H,22,23)/b10-9+/t15-/m1/s1. The molecule has 1 aliphatic rings. The van der Waals surface area contributed by atoms with Crippen molar-refractivity contribution in [2.45, 2.75) is 25.3 Å². The molecule has 1 aromatic carbocycles. The summed E-state index contributed by atoms with van der Waals surface area (Å²) < 4.78 is 0. The number of carbonyl (C=O) groups excluding carboxylic acids is 1. The highest BCUT2D eigenvalue weighted by atomic mass is 16.4. The molecular weight excluding hydrogens is 292 g/mol. The number of carboxylic acids is 1. The summed E-state index contributed by atoms with van der Waals surface area (Å²) in [4.78, 5) is 29.5. The number of nitrogens with zero attached hydrogens (tertiary/aromatic N) is 2. The van der Waals surface area contributed by atoms with Gasteiger partial charge < -0.3 is 10.0 Å². The highest BCUT2D eigenvalue weighted by molar-refractivity contribution is 5.97. The van der Waals surface area contributed by atoms with Gasteiger partial charge in [-0.15, -0.1) is 0 Å². The summed E-state index contributed by atoms with van der Waals surface area (Å²) in [5.41, 5.74) is 1.67. The van der Waals surface area contributed by atoms with Crippen molar-refractivity contribution < 1.29 is 14.7 Å². The fourth-order valence-corrected chi connectivity index (χ4v) is 2.97. The van der Waals surface area contributed by atoms with Gasteiger partial charge in [-0.1, -0.05) is 24.3 Å². The van der Waals surface area contributed by atoms with E-state index < -0.39 is 12.0 Å². The lowest BCUT2D eigenvalue weighted by molar-refractivity contribution is -0.150. The van der Waals surface area contributed by atoms with E-state index in [-0.39, 0.29) is 5.91 Å². The molecule has 23 heavy (non-hydrogen) atoms. The van der Waals surface area contributed by atoms with Crippen molar-refractivity contribution >= 4 is 28.9 Å². The minimum absolute atomic E-state index is 0.259. The molecule has 1 N–H and O–H groups in total. The third kappa shape index (κ3) is 3.23. The summed E-state index contributed by atoms with van der Waals surface area (Å²) >= 11 is 0. The van der Waals surface area contributed by atoms with Crippen LogP contribution in [-0.4, -0.2) is 39.5 Å². The molecule has 1 aliphatic heterocycles. The van der Waals surface area contributed by atoms with Crippen molar-refractivity contribution in [3.05, 3.63) is 48.2 Å². The van der Waals surface area contributed by atoms with E-state index in [1.807, 2.05) is 30.3 Å². The number of aromatic nitrogens is 1. The summed E-state index contributed by atoms with van der Waals surface area (Å²) in [6, 6.07) is 8.89. The number of amides is 1. The normalized spacial score (nSPS) is 18.4. The van der Waals surface area contributed by atoms with E-state index in [1.165, 1.54) is 11.0 Å². The molecule has 2 aromatic rings. The number of fused-ring (bicyclic) bond motifs is 1.